The number of amides is 1. The van der Waals surface area contributed by atoms with E-state index >= 15 is 0 Å². The molecule has 1 aliphatic heterocycles. The lowest BCUT2D eigenvalue weighted by atomic mass is 10.1. The first-order valence-electron chi connectivity index (χ1n) is 7.74. The van der Waals surface area contributed by atoms with Gasteiger partial charge in [-0.2, -0.15) is 4.98 Å². The van der Waals surface area contributed by atoms with Crippen LogP contribution in [0, 0.1) is 13.8 Å². The van der Waals surface area contributed by atoms with Crippen LogP contribution in [0.4, 0.5) is 0 Å². The van der Waals surface area contributed by atoms with Gasteiger partial charge in [0, 0.05) is 21.5 Å². The van der Waals surface area contributed by atoms with E-state index in [-0.39, 0.29) is 11.9 Å². The largest absolute Gasteiger partial charge is 0.337 e. The van der Waals surface area contributed by atoms with E-state index in [4.69, 9.17) is 4.52 Å². The van der Waals surface area contributed by atoms with Crippen molar-refractivity contribution in [3.63, 3.8) is 0 Å². The number of aryl methyl sites for hydroxylation is 2. The number of benzene rings is 1. The second-order valence-corrected chi connectivity index (χ2v) is 7.12. The predicted molar refractivity (Wildman–Crippen MR) is 88.6 cm³/mol. The highest BCUT2D eigenvalue weighted by atomic mass is 32.1. The van der Waals surface area contributed by atoms with Gasteiger partial charge < -0.3 is 9.42 Å². The number of fused-ring (bicyclic) bond motifs is 1. The van der Waals surface area contributed by atoms with Crippen LogP contribution >= 0.6 is 11.3 Å². The number of aromatic nitrogens is 2. The van der Waals surface area contributed by atoms with Crippen molar-refractivity contribution in [3.05, 3.63) is 46.4 Å². The third-order valence-electron chi connectivity index (χ3n) is 4.33. The molecule has 6 heteroatoms. The summed E-state index contributed by atoms with van der Waals surface area (Å²) in [6.07, 6.45) is 1.83. The summed E-state index contributed by atoms with van der Waals surface area (Å²) in [6, 6.07) is 7.96. The average molecular weight is 327 g/mol. The fraction of sp³-hybridized carbons (Fsp3) is 0.353. The van der Waals surface area contributed by atoms with Crippen molar-refractivity contribution in [3.8, 4) is 0 Å². The van der Waals surface area contributed by atoms with E-state index in [1.807, 2.05) is 30.0 Å². The Morgan fingerprint density at radius 3 is 2.96 bits per heavy atom. The first-order chi connectivity index (χ1) is 11.1. The maximum Gasteiger partial charge on any atom is 0.256 e. The molecule has 1 saturated heterocycles. The molecule has 0 radical (unpaired) electrons. The van der Waals surface area contributed by atoms with E-state index in [9.17, 15) is 4.79 Å². The molecule has 3 heterocycles. The van der Waals surface area contributed by atoms with E-state index in [0.717, 1.165) is 39.9 Å². The van der Waals surface area contributed by atoms with Crippen LogP contribution in [0.25, 0.3) is 10.1 Å². The Balaban J connectivity index is 1.74. The van der Waals surface area contributed by atoms with Crippen LogP contribution in [-0.4, -0.2) is 27.5 Å². The Kier molecular flexibility index (Phi) is 3.41. The molecule has 1 fully saturated rings. The van der Waals surface area contributed by atoms with Crippen LogP contribution in [0.5, 0.6) is 0 Å². The standard InChI is InChI=1S/C17H17N3O2S/c1-10-15(12-6-3-4-8-14(12)23-10)17(21)20-9-5-7-13(20)16-18-11(2)19-22-16/h3-4,6,8,13H,5,7,9H2,1-2H3. The Labute approximate surface area is 137 Å². The van der Waals surface area contributed by atoms with E-state index in [2.05, 4.69) is 16.2 Å². The molecule has 118 valence electrons. The zero-order chi connectivity index (χ0) is 16.0. The van der Waals surface area contributed by atoms with Crippen molar-refractivity contribution in [2.75, 3.05) is 6.54 Å². The topological polar surface area (TPSA) is 59.2 Å². The fourth-order valence-corrected chi connectivity index (χ4v) is 4.35. The molecule has 0 saturated carbocycles. The van der Waals surface area contributed by atoms with E-state index in [0.29, 0.717) is 11.7 Å². The molecular formula is C17H17N3O2S. The van der Waals surface area contributed by atoms with Gasteiger partial charge in [-0.3, -0.25) is 4.79 Å². The molecule has 0 N–H and O–H groups in total. The van der Waals surface area contributed by atoms with E-state index < -0.39 is 0 Å². The van der Waals surface area contributed by atoms with Crippen LogP contribution in [0.3, 0.4) is 0 Å². The molecular weight excluding hydrogens is 310 g/mol. The van der Waals surface area contributed by atoms with Gasteiger partial charge in [0.15, 0.2) is 5.82 Å². The van der Waals surface area contributed by atoms with Crippen molar-refractivity contribution in [2.24, 2.45) is 0 Å². The van der Waals surface area contributed by atoms with Crippen LogP contribution in [-0.2, 0) is 0 Å². The maximum atomic E-state index is 13.2. The van der Waals surface area contributed by atoms with Gasteiger partial charge in [-0.25, -0.2) is 0 Å². The highest BCUT2D eigenvalue weighted by molar-refractivity contribution is 7.19. The Morgan fingerprint density at radius 1 is 1.35 bits per heavy atom. The third-order valence-corrected chi connectivity index (χ3v) is 5.41. The van der Waals surface area contributed by atoms with Crippen molar-refractivity contribution >= 4 is 27.3 Å². The second-order valence-electron chi connectivity index (χ2n) is 5.87. The quantitative estimate of drug-likeness (QED) is 0.717. The lowest BCUT2D eigenvalue weighted by molar-refractivity contribution is 0.0712. The van der Waals surface area contributed by atoms with Crippen molar-refractivity contribution < 1.29 is 9.32 Å². The van der Waals surface area contributed by atoms with Gasteiger partial charge in [-0.1, -0.05) is 23.4 Å². The molecule has 1 aromatic carbocycles. The molecule has 4 rings (SSSR count). The van der Waals surface area contributed by atoms with Crippen LogP contribution in [0.1, 0.15) is 45.8 Å². The lowest BCUT2D eigenvalue weighted by Crippen LogP contribution is -2.31. The van der Waals surface area contributed by atoms with Crippen molar-refractivity contribution in [1.82, 2.24) is 15.0 Å². The number of carbonyl (C=O) groups excluding carboxylic acids is 1. The monoisotopic (exact) mass is 327 g/mol. The molecule has 2 aromatic heterocycles. The van der Waals surface area contributed by atoms with Crippen LogP contribution in [0.15, 0.2) is 28.8 Å². The van der Waals surface area contributed by atoms with E-state index in [1.54, 1.807) is 18.3 Å². The summed E-state index contributed by atoms with van der Waals surface area (Å²) in [7, 11) is 0. The van der Waals surface area contributed by atoms with Gasteiger partial charge >= 0.3 is 0 Å². The zero-order valence-electron chi connectivity index (χ0n) is 13.1. The lowest BCUT2D eigenvalue weighted by Gasteiger charge is -2.22. The van der Waals surface area contributed by atoms with Gasteiger partial charge in [0.2, 0.25) is 5.89 Å². The van der Waals surface area contributed by atoms with Gasteiger partial charge in [0.25, 0.3) is 5.91 Å². The first kappa shape index (κ1) is 14.4. The van der Waals surface area contributed by atoms with Crippen molar-refractivity contribution in [1.29, 1.82) is 0 Å². The number of hydrogen-bond acceptors (Lipinski definition) is 5. The Hall–Kier alpha value is -2.21. The highest BCUT2D eigenvalue weighted by Crippen LogP contribution is 2.36. The summed E-state index contributed by atoms with van der Waals surface area (Å²) in [5.41, 5.74) is 0.814. The minimum atomic E-state index is -0.109. The summed E-state index contributed by atoms with van der Waals surface area (Å²) in [4.78, 5) is 20.4. The summed E-state index contributed by atoms with van der Waals surface area (Å²) < 4.78 is 6.46. The summed E-state index contributed by atoms with van der Waals surface area (Å²) >= 11 is 1.67. The highest BCUT2D eigenvalue weighted by Gasteiger charge is 2.35. The average Bonchev–Trinajstić information content (AvgIpc) is 3.23. The molecule has 1 unspecified atom stereocenters. The van der Waals surface area contributed by atoms with Gasteiger partial charge in [0.05, 0.1) is 5.56 Å². The first-order valence-corrected chi connectivity index (χ1v) is 8.56. The minimum absolute atomic E-state index is 0.0679. The molecule has 0 spiro atoms. The number of thiophene rings is 1. The van der Waals surface area contributed by atoms with Gasteiger partial charge in [-0.15, -0.1) is 11.3 Å². The summed E-state index contributed by atoms with van der Waals surface area (Å²) in [6.45, 7) is 4.54. The van der Waals surface area contributed by atoms with Gasteiger partial charge in [-0.05, 0) is 32.8 Å². The van der Waals surface area contributed by atoms with Crippen LogP contribution in [0.2, 0.25) is 0 Å². The molecule has 5 nitrogen and oxygen atoms in total. The smallest absolute Gasteiger partial charge is 0.256 e. The van der Waals surface area contributed by atoms with E-state index in [1.165, 1.54) is 0 Å². The minimum Gasteiger partial charge on any atom is -0.337 e. The molecule has 3 aromatic rings. The fourth-order valence-electron chi connectivity index (χ4n) is 3.29. The number of carbonyl (C=O) groups is 1. The number of hydrogen-bond donors (Lipinski definition) is 0. The Morgan fingerprint density at radius 2 is 2.17 bits per heavy atom. The van der Waals surface area contributed by atoms with Gasteiger partial charge in [0.1, 0.15) is 6.04 Å². The predicted octanol–water partition coefficient (Wildman–Crippen LogP) is 3.88. The normalized spacial score (nSPS) is 18.0. The van der Waals surface area contributed by atoms with Crippen molar-refractivity contribution in [2.45, 2.75) is 32.7 Å². The molecule has 0 bridgehead atoms. The number of nitrogens with zero attached hydrogens (tertiary/aromatic N) is 3. The second kappa shape index (κ2) is 5.45. The SMILES string of the molecule is Cc1noc(C2CCCN2C(=O)c2c(C)sc3ccccc23)n1. The molecule has 1 atom stereocenters. The zero-order valence-corrected chi connectivity index (χ0v) is 13.9. The third kappa shape index (κ3) is 2.34. The summed E-state index contributed by atoms with van der Waals surface area (Å²) in [5, 5.41) is 4.90. The maximum absolute atomic E-state index is 13.2. The molecule has 0 aliphatic carbocycles. The number of rotatable bonds is 2. The molecule has 23 heavy (non-hydrogen) atoms. The number of likely N-dealkylation sites (tertiary alicyclic amines) is 1. The summed E-state index contributed by atoms with van der Waals surface area (Å²) in [5.74, 6) is 1.22. The Bertz CT molecular complexity index is 883. The van der Waals surface area contributed by atoms with Crippen LogP contribution < -0.4 is 0 Å². The molecule has 1 aliphatic rings. The molecule has 1 amide bonds.